The molecule has 0 amide bonds. The molecule has 0 atom stereocenters. The number of unbranched alkanes of at least 4 members (excludes halogenated alkanes) is 2. The lowest BCUT2D eigenvalue weighted by atomic mass is 10.2. The molecule has 0 saturated carbocycles. The van der Waals surface area contributed by atoms with Crippen LogP contribution >= 0.6 is 15.9 Å². The third-order valence-corrected chi connectivity index (χ3v) is 3.20. The number of hydrogen-bond acceptors (Lipinski definition) is 5. The smallest absolute Gasteiger partial charge is 0.312 e. The number of halogens is 1. The monoisotopic (exact) mass is 359 g/mol. The van der Waals surface area contributed by atoms with Gasteiger partial charge in [-0.2, -0.15) is 0 Å². The summed E-state index contributed by atoms with van der Waals surface area (Å²) in [5, 5.41) is 10.9. The topological polar surface area (TPSA) is 78.7 Å². The van der Waals surface area contributed by atoms with Crippen molar-refractivity contribution in [1.82, 2.24) is 0 Å². The van der Waals surface area contributed by atoms with E-state index in [1.54, 1.807) is 19.1 Å². The summed E-state index contributed by atoms with van der Waals surface area (Å²) in [6.07, 6.45) is 2.66. The molecule has 116 valence electrons. The first-order valence-corrected chi connectivity index (χ1v) is 7.56. The SMILES string of the molecule is CCOC(=O)CCCCCOc1ccc(Br)cc1[N+](=O)[O-]. The normalized spacial score (nSPS) is 10.2. The van der Waals surface area contributed by atoms with Gasteiger partial charge in [0.15, 0.2) is 5.75 Å². The van der Waals surface area contributed by atoms with Gasteiger partial charge in [-0.1, -0.05) is 15.9 Å². The van der Waals surface area contributed by atoms with Crippen LogP contribution in [0.1, 0.15) is 32.6 Å². The first kappa shape index (κ1) is 17.4. The highest BCUT2D eigenvalue weighted by atomic mass is 79.9. The third-order valence-electron chi connectivity index (χ3n) is 2.71. The first-order valence-electron chi connectivity index (χ1n) is 6.77. The molecular formula is C14H18BrNO5. The number of nitrogens with zero attached hydrogens (tertiary/aromatic N) is 1. The summed E-state index contributed by atoms with van der Waals surface area (Å²) in [4.78, 5) is 21.5. The predicted molar refractivity (Wildman–Crippen MR) is 81.4 cm³/mol. The maximum Gasteiger partial charge on any atom is 0.312 e. The lowest BCUT2D eigenvalue weighted by Gasteiger charge is -2.07. The fraction of sp³-hybridized carbons (Fsp3) is 0.500. The number of esters is 1. The molecule has 1 rings (SSSR count). The summed E-state index contributed by atoms with van der Waals surface area (Å²) in [5.74, 6) is 0.0653. The summed E-state index contributed by atoms with van der Waals surface area (Å²) in [6, 6.07) is 4.68. The van der Waals surface area contributed by atoms with E-state index < -0.39 is 4.92 Å². The highest BCUT2D eigenvalue weighted by molar-refractivity contribution is 9.10. The van der Waals surface area contributed by atoms with Gasteiger partial charge in [0, 0.05) is 17.0 Å². The molecule has 0 radical (unpaired) electrons. The van der Waals surface area contributed by atoms with Crippen LogP contribution in [-0.4, -0.2) is 24.1 Å². The van der Waals surface area contributed by atoms with Crippen molar-refractivity contribution in [3.05, 3.63) is 32.8 Å². The molecule has 0 bridgehead atoms. The van der Waals surface area contributed by atoms with E-state index in [9.17, 15) is 14.9 Å². The Balaban J connectivity index is 2.30. The summed E-state index contributed by atoms with van der Waals surface area (Å²) >= 11 is 3.19. The summed E-state index contributed by atoms with van der Waals surface area (Å²) in [6.45, 7) is 2.55. The Morgan fingerprint density at radius 1 is 1.33 bits per heavy atom. The number of benzene rings is 1. The Hall–Kier alpha value is -1.63. The lowest BCUT2D eigenvalue weighted by Crippen LogP contribution is -2.04. The Labute approximate surface area is 131 Å². The summed E-state index contributed by atoms with van der Waals surface area (Å²) in [5.41, 5.74) is -0.0594. The van der Waals surface area contributed by atoms with Crippen molar-refractivity contribution in [3.8, 4) is 5.75 Å². The van der Waals surface area contributed by atoms with Crippen LogP contribution < -0.4 is 4.74 Å². The molecule has 0 unspecified atom stereocenters. The van der Waals surface area contributed by atoms with Crippen LogP contribution in [0.2, 0.25) is 0 Å². The molecule has 0 fully saturated rings. The Kier molecular flexibility index (Phi) is 7.74. The zero-order valence-corrected chi connectivity index (χ0v) is 13.4. The standard InChI is InChI=1S/C14H18BrNO5/c1-2-20-14(17)6-4-3-5-9-21-13-8-7-11(15)10-12(13)16(18)19/h7-8,10H,2-6,9H2,1H3. The number of nitro groups is 1. The number of carbonyl (C=O) groups excluding carboxylic acids is 1. The van der Waals surface area contributed by atoms with Crippen LogP contribution in [-0.2, 0) is 9.53 Å². The van der Waals surface area contributed by atoms with Crippen molar-refractivity contribution in [2.75, 3.05) is 13.2 Å². The molecule has 6 nitrogen and oxygen atoms in total. The van der Waals surface area contributed by atoms with Crippen molar-refractivity contribution in [2.45, 2.75) is 32.6 Å². The summed E-state index contributed by atoms with van der Waals surface area (Å²) in [7, 11) is 0. The van der Waals surface area contributed by atoms with Crippen LogP contribution in [0, 0.1) is 10.1 Å². The highest BCUT2D eigenvalue weighted by Gasteiger charge is 2.15. The zero-order chi connectivity index (χ0) is 15.7. The third kappa shape index (κ3) is 6.57. The number of nitro benzene ring substituents is 1. The summed E-state index contributed by atoms with van der Waals surface area (Å²) < 4.78 is 10.9. The van der Waals surface area contributed by atoms with E-state index in [0.29, 0.717) is 24.1 Å². The second-order valence-corrected chi connectivity index (χ2v) is 5.25. The molecule has 0 saturated heterocycles. The Morgan fingerprint density at radius 2 is 2.10 bits per heavy atom. The number of rotatable bonds is 9. The molecule has 7 heteroatoms. The van der Waals surface area contributed by atoms with E-state index in [4.69, 9.17) is 9.47 Å². The maximum absolute atomic E-state index is 11.1. The van der Waals surface area contributed by atoms with Gasteiger partial charge >= 0.3 is 11.7 Å². The molecule has 0 aliphatic rings. The lowest BCUT2D eigenvalue weighted by molar-refractivity contribution is -0.385. The van der Waals surface area contributed by atoms with Crippen molar-refractivity contribution < 1.29 is 19.2 Å². The quantitative estimate of drug-likeness (QED) is 0.289. The van der Waals surface area contributed by atoms with Crippen molar-refractivity contribution in [3.63, 3.8) is 0 Å². The number of ether oxygens (including phenoxy) is 2. The molecule has 0 aliphatic heterocycles. The molecule has 21 heavy (non-hydrogen) atoms. The van der Waals surface area contributed by atoms with E-state index >= 15 is 0 Å². The van der Waals surface area contributed by atoms with Gasteiger partial charge in [0.05, 0.1) is 18.1 Å². The van der Waals surface area contributed by atoms with Crippen LogP contribution in [0.4, 0.5) is 5.69 Å². The van der Waals surface area contributed by atoms with E-state index in [1.165, 1.54) is 6.07 Å². The van der Waals surface area contributed by atoms with Crippen LogP contribution in [0.5, 0.6) is 5.75 Å². The molecule has 0 spiro atoms. The van der Waals surface area contributed by atoms with Crippen LogP contribution in [0.15, 0.2) is 22.7 Å². The molecule has 0 heterocycles. The molecule has 0 aromatic heterocycles. The minimum absolute atomic E-state index is 0.0594. The minimum Gasteiger partial charge on any atom is -0.487 e. The Bertz CT molecular complexity index is 492. The molecule has 1 aromatic carbocycles. The van der Waals surface area contributed by atoms with Gasteiger partial charge in [0.1, 0.15) is 0 Å². The van der Waals surface area contributed by atoms with Crippen LogP contribution in [0.3, 0.4) is 0 Å². The first-order chi connectivity index (χ1) is 10.0. The van der Waals surface area contributed by atoms with E-state index in [0.717, 1.165) is 19.3 Å². The van der Waals surface area contributed by atoms with Gasteiger partial charge in [-0.15, -0.1) is 0 Å². The molecular weight excluding hydrogens is 342 g/mol. The van der Waals surface area contributed by atoms with Gasteiger partial charge in [0.25, 0.3) is 0 Å². The van der Waals surface area contributed by atoms with Gasteiger partial charge in [-0.25, -0.2) is 0 Å². The largest absolute Gasteiger partial charge is 0.487 e. The van der Waals surface area contributed by atoms with Crippen molar-refractivity contribution in [1.29, 1.82) is 0 Å². The van der Waals surface area contributed by atoms with Gasteiger partial charge < -0.3 is 9.47 Å². The minimum atomic E-state index is -0.471. The second kappa shape index (κ2) is 9.33. The average molecular weight is 360 g/mol. The second-order valence-electron chi connectivity index (χ2n) is 4.33. The van der Waals surface area contributed by atoms with Gasteiger partial charge in [-0.05, 0) is 38.3 Å². The number of carbonyl (C=O) groups is 1. The van der Waals surface area contributed by atoms with Crippen molar-refractivity contribution >= 4 is 27.6 Å². The van der Waals surface area contributed by atoms with E-state index in [2.05, 4.69) is 15.9 Å². The average Bonchev–Trinajstić information content (AvgIpc) is 2.44. The fourth-order valence-electron chi connectivity index (χ4n) is 1.72. The van der Waals surface area contributed by atoms with Gasteiger partial charge in [-0.3, -0.25) is 14.9 Å². The molecule has 1 aromatic rings. The molecule has 0 aliphatic carbocycles. The Morgan fingerprint density at radius 3 is 2.76 bits per heavy atom. The fourth-order valence-corrected chi connectivity index (χ4v) is 2.07. The number of hydrogen-bond donors (Lipinski definition) is 0. The highest BCUT2D eigenvalue weighted by Crippen LogP contribution is 2.30. The zero-order valence-electron chi connectivity index (χ0n) is 11.8. The van der Waals surface area contributed by atoms with Gasteiger partial charge in [0.2, 0.25) is 0 Å². The van der Waals surface area contributed by atoms with Crippen LogP contribution in [0.25, 0.3) is 0 Å². The predicted octanol–water partition coefficient (Wildman–Crippen LogP) is 3.86. The molecule has 0 N–H and O–H groups in total. The van der Waals surface area contributed by atoms with E-state index in [-0.39, 0.29) is 17.4 Å². The maximum atomic E-state index is 11.1. The van der Waals surface area contributed by atoms with E-state index in [1.807, 2.05) is 0 Å². The van der Waals surface area contributed by atoms with Crippen molar-refractivity contribution in [2.24, 2.45) is 0 Å².